The van der Waals surface area contributed by atoms with Crippen LogP contribution in [0.3, 0.4) is 0 Å². The highest BCUT2D eigenvalue weighted by Crippen LogP contribution is 2.29. The van der Waals surface area contributed by atoms with Crippen molar-refractivity contribution in [2.75, 3.05) is 13.2 Å². The van der Waals surface area contributed by atoms with E-state index < -0.39 is 38.5 Å². The van der Waals surface area contributed by atoms with Gasteiger partial charge in [-0.05, 0) is 56.7 Å². The molecule has 0 spiro atoms. The van der Waals surface area contributed by atoms with Crippen molar-refractivity contribution in [3.8, 4) is 0 Å². The maximum absolute atomic E-state index is 12.4. The van der Waals surface area contributed by atoms with Crippen LogP contribution in [0.2, 0.25) is 25.2 Å². The summed E-state index contributed by atoms with van der Waals surface area (Å²) in [6.07, 6.45) is 0.151. The molecule has 1 rings (SSSR count). The van der Waals surface area contributed by atoms with Crippen LogP contribution in [-0.2, 0) is 31.9 Å². The Balaban J connectivity index is 2.41. The molecule has 0 amide bonds. The smallest absolute Gasteiger partial charge is 0.388 e. The lowest BCUT2D eigenvalue weighted by atomic mass is 9.98. The van der Waals surface area contributed by atoms with Crippen LogP contribution in [0, 0.1) is 5.92 Å². The molecule has 0 fully saturated rings. The first kappa shape index (κ1) is 29.2. The molecule has 0 aromatic heterocycles. The molecule has 0 aliphatic heterocycles. The number of rotatable bonds is 15. The van der Waals surface area contributed by atoms with Crippen molar-refractivity contribution in [2.24, 2.45) is 5.92 Å². The van der Waals surface area contributed by atoms with E-state index >= 15 is 0 Å². The Bertz CT molecular complexity index is 699. The molecular weight excluding hydrogens is 449 g/mol. The molecule has 4 nitrogen and oxygen atoms in total. The van der Waals surface area contributed by atoms with Crippen molar-refractivity contribution in [1.82, 2.24) is 0 Å². The van der Waals surface area contributed by atoms with Gasteiger partial charge in [0.25, 0.3) is 0 Å². The normalized spacial score (nSPS) is 12.1. The Labute approximate surface area is 197 Å². The summed E-state index contributed by atoms with van der Waals surface area (Å²) in [5, 5.41) is 0. The lowest BCUT2D eigenvalue weighted by Crippen LogP contribution is -2.28. The van der Waals surface area contributed by atoms with Crippen molar-refractivity contribution in [3.05, 3.63) is 35.4 Å². The summed E-state index contributed by atoms with van der Waals surface area (Å²) in [7, 11) is -1.78. The third-order valence-corrected chi connectivity index (χ3v) is 9.10. The Morgan fingerprint density at radius 1 is 0.848 bits per heavy atom. The molecule has 0 aliphatic rings. The summed E-state index contributed by atoms with van der Waals surface area (Å²) < 4.78 is 47.4. The molecule has 188 valence electrons. The summed E-state index contributed by atoms with van der Waals surface area (Å²) in [5.41, 5.74) is 2.24. The highest BCUT2D eigenvalue weighted by atomic mass is 28.3. The number of carbonyl (C=O) groups is 2. The maximum atomic E-state index is 12.4. The van der Waals surface area contributed by atoms with E-state index in [-0.39, 0.29) is 13.2 Å². The van der Waals surface area contributed by atoms with E-state index in [9.17, 15) is 22.8 Å². The average Bonchev–Trinajstić information content (AvgIpc) is 2.73. The van der Waals surface area contributed by atoms with Gasteiger partial charge in [-0.2, -0.15) is 13.2 Å². The van der Waals surface area contributed by atoms with Crippen molar-refractivity contribution in [1.29, 1.82) is 0 Å². The number of alkyl halides is 3. The zero-order valence-corrected chi connectivity index (χ0v) is 21.4. The minimum atomic E-state index is -4.05. The molecule has 8 heteroatoms. The number of hydrogen-bond acceptors (Lipinski definition) is 4. The molecule has 0 saturated carbocycles. The monoisotopic (exact) mass is 488 g/mol. The van der Waals surface area contributed by atoms with E-state index in [0.29, 0.717) is 18.9 Å². The molecular formula is C25H39F3O4Si. The number of benzene rings is 1. The van der Waals surface area contributed by atoms with Gasteiger partial charge in [0.2, 0.25) is 0 Å². The Morgan fingerprint density at radius 3 is 1.85 bits per heavy atom. The topological polar surface area (TPSA) is 52.6 Å². The molecule has 0 heterocycles. The number of unbranched alkanes of at least 4 members (excludes halogenated alkanes) is 2. The summed E-state index contributed by atoms with van der Waals surface area (Å²) in [6, 6.07) is 9.38. The van der Waals surface area contributed by atoms with Gasteiger partial charge in [-0.15, -0.1) is 0 Å². The highest BCUT2D eigenvalue weighted by molar-refractivity contribution is 6.77. The SMILES string of the molecule is CCOC(=O)C(CCc1ccc(CCCCC[Si](C)(C)CCC(F)(F)F)cc1)C(=O)OCC. The first-order valence-electron chi connectivity index (χ1n) is 11.9. The third kappa shape index (κ3) is 12.8. The lowest BCUT2D eigenvalue weighted by Gasteiger charge is -2.23. The lowest BCUT2D eigenvalue weighted by molar-refractivity contribution is -0.161. The van der Waals surface area contributed by atoms with Gasteiger partial charge in [0, 0.05) is 14.5 Å². The zero-order valence-electron chi connectivity index (χ0n) is 20.4. The van der Waals surface area contributed by atoms with Gasteiger partial charge in [0.05, 0.1) is 13.2 Å². The molecule has 0 atom stereocenters. The minimum absolute atomic E-state index is 0.219. The van der Waals surface area contributed by atoms with E-state index in [4.69, 9.17) is 9.47 Å². The van der Waals surface area contributed by atoms with E-state index in [1.807, 2.05) is 25.2 Å². The van der Waals surface area contributed by atoms with Crippen LogP contribution >= 0.6 is 0 Å². The molecule has 1 aromatic carbocycles. The summed E-state index contributed by atoms with van der Waals surface area (Å²) in [5.74, 6) is -2.00. The number of carbonyl (C=O) groups excluding carboxylic acids is 2. The summed E-state index contributed by atoms with van der Waals surface area (Å²) in [4.78, 5) is 24.2. The van der Waals surface area contributed by atoms with Crippen LogP contribution in [-0.4, -0.2) is 39.4 Å². The van der Waals surface area contributed by atoms with E-state index in [1.165, 1.54) is 5.56 Å². The third-order valence-electron chi connectivity index (χ3n) is 5.79. The standard InChI is InChI=1S/C25H39F3O4Si/c1-5-31-23(29)22(24(30)32-6-2)16-15-21-13-11-20(12-14-21)10-8-7-9-18-33(3,4)19-17-25(26,27)28/h11-14,22H,5-10,15-19H2,1-4H3. The Hall–Kier alpha value is -1.83. The highest BCUT2D eigenvalue weighted by Gasteiger charge is 2.31. The quantitative estimate of drug-likeness (QED) is 0.119. The van der Waals surface area contributed by atoms with E-state index in [2.05, 4.69) is 12.1 Å². The second kappa shape index (κ2) is 14.4. The van der Waals surface area contributed by atoms with Crippen LogP contribution in [0.1, 0.15) is 57.1 Å². The van der Waals surface area contributed by atoms with Crippen LogP contribution in [0.25, 0.3) is 0 Å². The first-order valence-corrected chi connectivity index (χ1v) is 15.4. The molecule has 0 aliphatic carbocycles. The van der Waals surface area contributed by atoms with Gasteiger partial charge >= 0.3 is 18.1 Å². The number of aryl methyl sites for hydroxylation is 2. The Kier molecular flexibility index (Phi) is 12.8. The van der Waals surface area contributed by atoms with E-state index in [0.717, 1.165) is 37.3 Å². The number of halogens is 3. The van der Waals surface area contributed by atoms with Gasteiger partial charge in [0.15, 0.2) is 5.92 Å². The van der Waals surface area contributed by atoms with Gasteiger partial charge in [-0.1, -0.05) is 56.2 Å². The largest absolute Gasteiger partial charge is 0.465 e. The number of ether oxygens (including phenoxy) is 2. The predicted octanol–water partition coefficient (Wildman–Crippen LogP) is 6.74. The van der Waals surface area contributed by atoms with Crippen LogP contribution in [0.15, 0.2) is 24.3 Å². The van der Waals surface area contributed by atoms with Crippen LogP contribution < -0.4 is 0 Å². The minimum Gasteiger partial charge on any atom is -0.465 e. The molecule has 1 aromatic rings. The van der Waals surface area contributed by atoms with Crippen molar-refractivity contribution >= 4 is 20.0 Å². The maximum Gasteiger partial charge on any atom is 0.388 e. The molecule has 33 heavy (non-hydrogen) atoms. The molecule has 0 radical (unpaired) electrons. The Morgan fingerprint density at radius 2 is 1.36 bits per heavy atom. The second-order valence-electron chi connectivity index (χ2n) is 9.25. The molecule has 0 bridgehead atoms. The molecule has 0 saturated heterocycles. The average molecular weight is 489 g/mol. The fourth-order valence-corrected chi connectivity index (χ4v) is 6.13. The molecule has 0 unspecified atom stereocenters. The predicted molar refractivity (Wildman–Crippen MR) is 127 cm³/mol. The number of esters is 2. The van der Waals surface area contributed by atoms with Gasteiger partial charge < -0.3 is 9.47 Å². The zero-order chi connectivity index (χ0) is 24.9. The van der Waals surface area contributed by atoms with Crippen molar-refractivity contribution in [2.45, 2.75) is 90.2 Å². The van der Waals surface area contributed by atoms with Gasteiger partial charge in [-0.25, -0.2) is 0 Å². The number of hydrogen-bond donors (Lipinski definition) is 0. The summed E-state index contributed by atoms with van der Waals surface area (Å²) >= 11 is 0. The van der Waals surface area contributed by atoms with Crippen molar-refractivity contribution in [3.63, 3.8) is 0 Å². The van der Waals surface area contributed by atoms with Crippen LogP contribution in [0.4, 0.5) is 13.2 Å². The fraction of sp³-hybridized carbons (Fsp3) is 0.680. The van der Waals surface area contributed by atoms with E-state index in [1.54, 1.807) is 13.8 Å². The second-order valence-corrected chi connectivity index (χ2v) is 14.6. The van der Waals surface area contributed by atoms with Crippen molar-refractivity contribution < 1.29 is 32.2 Å². The van der Waals surface area contributed by atoms with Gasteiger partial charge in [-0.3, -0.25) is 9.59 Å². The first-order chi connectivity index (χ1) is 15.5. The van der Waals surface area contributed by atoms with Crippen LogP contribution in [0.5, 0.6) is 0 Å². The summed E-state index contributed by atoms with van der Waals surface area (Å²) in [6.45, 7) is 7.94. The fourth-order valence-electron chi connectivity index (χ4n) is 3.72. The van der Waals surface area contributed by atoms with Gasteiger partial charge in [0.1, 0.15) is 0 Å². The molecule has 0 N–H and O–H groups in total.